The predicted octanol–water partition coefficient (Wildman–Crippen LogP) is 2.51. The van der Waals surface area contributed by atoms with Crippen LogP contribution in [0, 0.1) is 6.92 Å². The Morgan fingerprint density at radius 3 is 2.63 bits per heavy atom. The van der Waals surface area contributed by atoms with Crippen LogP contribution in [0.3, 0.4) is 0 Å². The molecule has 0 radical (unpaired) electrons. The van der Waals surface area contributed by atoms with Crippen molar-refractivity contribution >= 4 is 0 Å². The Hall–Kier alpha value is -1.79. The average molecular weight is 263 g/mol. The van der Waals surface area contributed by atoms with Gasteiger partial charge in [-0.25, -0.2) is 0 Å². The Morgan fingerprint density at radius 2 is 2.00 bits per heavy atom. The molecule has 2 rings (SSSR count). The quantitative estimate of drug-likeness (QED) is 0.746. The molecule has 0 spiro atoms. The van der Waals surface area contributed by atoms with Crippen LogP contribution in [0.4, 0.5) is 0 Å². The van der Waals surface area contributed by atoms with Crippen molar-refractivity contribution in [2.75, 3.05) is 13.2 Å². The maximum absolute atomic E-state index is 5.42. The van der Waals surface area contributed by atoms with Gasteiger partial charge in [0.05, 0.1) is 0 Å². The highest BCUT2D eigenvalue weighted by Crippen LogP contribution is 2.23. The summed E-state index contributed by atoms with van der Waals surface area (Å²) in [6, 6.07) is 1.85. The standard InChI is InChI=1S/C13H17N3O3/c1-4-17-13(18-5-2)12-15-11(16-19-12)10-6-7-14-8-9(10)3/h6-8,13H,4-5H2,1-3H3. The number of hydrogen-bond acceptors (Lipinski definition) is 6. The Kier molecular flexibility index (Phi) is 4.59. The smallest absolute Gasteiger partial charge is 0.283 e. The van der Waals surface area contributed by atoms with Crippen molar-refractivity contribution < 1.29 is 14.0 Å². The SMILES string of the molecule is CCOC(OCC)c1nc(-c2ccncc2C)no1. The molecule has 0 aliphatic rings. The van der Waals surface area contributed by atoms with E-state index in [0.29, 0.717) is 24.9 Å². The highest BCUT2D eigenvalue weighted by Gasteiger charge is 2.20. The van der Waals surface area contributed by atoms with Crippen LogP contribution >= 0.6 is 0 Å². The van der Waals surface area contributed by atoms with Crippen LogP contribution < -0.4 is 0 Å². The van der Waals surface area contributed by atoms with E-state index in [1.165, 1.54) is 0 Å². The Bertz CT molecular complexity index is 521. The van der Waals surface area contributed by atoms with Crippen molar-refractivity contribution in [3.05, 3.63) is 29.9 Å². The lowest BCUT2D eigenvalue weighted by atomic mass is 10.1. The van der Waals surface area contributed by atoms with E-state index in [4.69, 9.17) is 14.0 Å². The second kappa shape index (κ2) is 6.40. The van der Waals surface area contributed by atoms with Gasteiger partial charge in [0.15, 0.2) is 0 Å². The van der Waals surface area contributed by atoms with E-state index in [9.17, 15) is 0 Å². The molecule has 0 saturated heterocycles. The lowest BCUT2D eigenvalue weighted by molar-refractivity contribution is -0.155. The monoisotopic (exact) mass is 263 g/mol. The maximum Gasteiger partial charge on any atom is 0.283 e. The molecule has 0 atom stereocenters. The molecule has 6 heteroatoms. The van der Waals surface area contributed by atoms with Gasteiger partial charge in [0.2, 0.25) is 12.1 Å². The second-order valence-electron chi connectivity index (χ2n) is 3.89. The number of hydrogen-bond donors (Lipinski definition) is 0. The van der Waals surface area contributed by atoms with Crippen molar-refractivity contribution in [3.8, 4) is 11.4 Å². The van der Waals surface area contributed by atoms with Crippen molar-refractivity contribution in [1.82, 2.24) is 15.1 Å². The van der Waals surface area contributed by atoms with Gasteiger partial charge in [0, 0.05) is 31.2 Å². The number of ether oxygens (including phenoxy) is 2. The largest absolute Gasteiger partial charge is 0.345 e. The van der Waals surface area contributed by atoms with Gasteiger partial charge in [-0.1, -0.05) is 5.16 Å². The summed E-state index contributed by atoms with van der Waals surface area (Å²) in [5, 5.41) is 3.96. The summed E-state index contributed by atoms with van der Waals surface area (Å²) in [6.07, 6.45) is 2.84. The van der Waals surface area contributed by atoms with Crippen molar-refractivity contribution in [1.29, 1.82) is 0 Å². The van der Waals surface area contributed by atoms with Crippen molar-refractivity contribution in [2.45, 2.75) is 27.1 Å². The van der Waals surface area contributed by atoms with Gasteiger partial charge in [0.25, 0.3) is 5.89 Å². The Labute approximate surface area is 111 Å². The maximum atomic E-state index is 5.42. The molecule has 0 aromatic carbocycles. The van der Waals surface area contributed by atoms with Gasteiger partial charge in [-0.05, 0) is 32.4 Å². The molecule has 2 aromatic heterocycles. The third-order valence-electron chi connectivity index (χ3n) is 2.54. The molecular formula is C13H17N3O3. The van der Waals surface area contributed by atoms with Crippen LogP contribution in [0.15, 0.2) is 23.0 Å². The van der Waals surface area contributed by atoms with Gasteiger partial charge in [-0.2, -0.15) is 4.98 Å². The van der Waals surface area contributed by atoms with E-state index in [2.05, 4.69) is 15.1 Å². The van der Waals surface area contributed by atoms with Gasteiger partial charge in [-0.15, -0.1) is 0 Å². The summed E-state index contributed by atoms with van der Waals surface area (Å²) in [4.78, 5) is 8.36. The van der Waals surface area contributed by atoms with E-state index >= 15 is 0 Å². The van der Waals surface area contributed by atoms with Gasteiger partial charge < -0.3 is 14.0 Å². The first-order valence-corrected chi connectivity index (χ1v) is 6.24. The molecule has 6 nitrogen and oxygen atoms in total. The highest BCUT2D eigenvalue weighted by molar-refractivity contribution is 5.57. The molecule has 2 heterocycles. The first-order chi connectivity index (χ1) is 9.26. The minimum atomic E-state index is -0.613. The minimum absolute atomic E-state index is 0.329. The molecule has 19 heavy (non-hydrogen) atoms. The van der Waals surface area contributed by atoms with E-state index < -0.39 is 6.29 Å². The van der Waals surface area contributed by atoms with Crippen LogP contribution in [-0.2, 0) is 9.47 Å². The zero-order valence-corrected chi connectivity index (χ0v) is 11.3. The fraction of sp³-hybridized carbons (Fsp3) is 0.462. The lowest BCUT2D eigenvalue weighted by Crippen LogP contribution is -2.09. The topological polar surface area (TPSA) is 70.3 Å². The second-order valence-corrected chi connectivity index (χ2v) is 3.89. The molecular weight excluding hydrogens is 246 g/mol. The number of aryl methyl sites for hydroxylation is 1. The van der Waals surface area contributed by atoms with Crippen LogP contribution in [0.2, 0.25) is 0 Å². The minimum Gasteiger partial charge on any atom is -0.345 e. The predicted molar refractivity (Wildman–Crippen MR) is 68.3 cm³/mol. The number of aromatic nitrogens is 3. The van der Waals surface area contributed by atoms with Gasteiger partial charge >= 0.3 is 0 Å². The summed E-state index contributed by atoms with van der Waals surface area (Å²) in [5.74, 6) is 0.842. The fourth-order valence-corrected chi connectivity index (χ4v) is 1.66. The Balaban J connectivity index is 2.25. The lowest BCUT2D eigenvalue weighted by Gasteiger charge is -2.11. The van der Waals surface area contributed by atoms with E-state index in [-0.39, 0.29) is 0 Å². The van der Waals surface area contributed by atoms with Gasteiger partial charge in [-0.3, -0.25) is 4.98 Å². The highest BCUT2D eigenvalue weighted by atomic mass is 16.7. The normalized spacial score (nSPS) is 11.2. The molecule has 0 amide bonds. The van der Waals surface area contributed by atoms with Crippen molar-refractivity contribution in [3.63, 3.8) is 0 Å². The third-order valence-corrected chi connectivity index (χ3v) is 2.54. The average Bonchev–Trinajstić information content (AvgIpc) is 2.88. The molecule has 0 unspecified atom stereocenters. The first-order valence-electron chi connectivity index (χ1n) is 6.24. The summed E-state index contributed by atoms with van der Waals surface area (Å²) in [5.41, 5.74) is 1.87. The molecule has 0 bridgehead atoms. The summed E-state index contributed by atoms with van der Waals surface area (Å²) >= 11 is 0. The summed E-state index contributed by atoms with van der Waals surface area (Å²) in [7, 11) is 0. The van der Waals surface area contributed by atoms with Crippen LogP contribution in [0.1, 0.15) is 31.6 Å². The van der Waals surface area contributed by atoms with Crippen LogP contribution in [0.25, 0.3) is 11.4 Å². The summed E-state index contributed by atoms with van der Waals surface area (Å²) in [6.45, 7) is 6.74. The van der Waals surface area contributed by atoms with Crippen LogP contribution in [-0.4, -0.2) is 28.3 Å². The molecule has 102 valence electrons. The zero-order valence-electron chi connectivity index (χ0n) is 11.3. The zero-order chi connectivity index (χ0) is 13.7. The molecule has 0 aliphatic carbocycles. The first kappa shape index (κ1) is 13.6. The van der Waals surface area contributed by atoms with Crippen LogP contribution in [0.5, 0.6) is 0 Å². The van der Waals surface area contributed by atoms with Crippen molar-refractivity contribution in [2.24, 2.45) is 0 Å². The fourth-order valence-electron chi connectivity index (χ4n) is 1.66. The molecule has 0 saturated carbocycles. The van der Waals surface area contributed by atoms with E-state index in [0.717, 1.165) is 11.1 Å². The number of pyridine rings is 1. The molecule has 0 N–H and O–H groups in total. The summed E-state index contributed by atoms with van der Waals surface area (Å²) < 4.78 is 16.0. The van der Waals surface area contributed by atoms with E-state index in [1.807, 2.05) is 26.8 Å². The molecule has 0 fully saturated rings. The number of nitrogens with zero attached hydrogens (tertiary/aromatic N) is 3. The molecule has 0 aliphatic heterocycles. The third kappa shape index (κ3) is 3.15. The molecule has 2 aromatic rings. The number of rotatable bonds is 6. The van der Waals surface area contributed by atoms with Gasteiger partial charge in [0.1, 0.15) is 0 Å². The Morgan fingerprint density at radius 1 is 1.26 bits per heavy atom. The van der Waals surface area contributed by atoms with E-state index in [1.54, 1.807) is 12.4 Å².